The third-order valence-electron chi connectivity index (χ3n) is 4.55. The fourth-order valence-corrected chi connectivity index (χ4v) is 3.36. The van der Waals surface area contributed by atoms with Crippen molar-refractivity contribution in [3.05, 3.63) is 59.8 Å². The first-order valence-electron chi connectivity index (χ1n) is 8.05. The summed E-state index contributed by atoms with van der Waals surface area (Å²) in [5.41, 5.74) is 3.49. The monoisotopic (exact) mass is 292 g/mol. The number of ether oxygens (including phenoxy) is 1. The summed E-state index contributed by atoms with van der Waals surface area (Å²) >= 11 is 0. The highest BCUT2D eigenvalue weighted by Crippen LogP contribution is 2.36. The van der Waals surface area contributed by atoms with Gasteiger partial charge in [-0.1, -0.05) is 43.2 Å². The Morgan fingerprint density at radius 1 is 1.05 bits per heavy atom. The van der Waals surface area contributed by atoms with Gasteiger partial charge in [0.05, 0.1) is 11.2 Å². The van der Waals surface area contributed by atoms with Crippen molar-refractivity contribution in [3.63, 3.8) is 0 Å². The minimum atomic E-state index is 0.593. The molecule has 1 N–H and O–H groups in total. The molecule has 1 saturated carbocycles. The van der Waals surface area contributed by atoms with E-state index >= 15 is 0 Å². The minimum absolute atomic E-state index is 0.593. The molecular formula is C19H20N2O. The van der Waals surface area contributed by atoms with Crippen LogP contribution >= 0.6 is 0 Å². The van der Waals surface area contributed by atoms with Gasteiger partial charge in [0.15, 0.2) is 0 Å². The Morgan fingerprint density at radius 2 is 1.86 bits per heavy atom. The van der Waals surface area contributed by atoms with E-state index in [4.69, 9.17) is 4.74 Å². The number of hydrogen-bond donors (Lipinski definition) is 1. The first-order valence-corrected chi connectivity index (χ1v) is 8.05. The van der Waals surface area contributed by atoms with Crippen molar-refractivity contribution < 1.29 is 4.74 Å². The van der Waals surface area contributed by atoms with E-state index in [-0.39, 0.29) is 0 Å². The average Bonchev–Trinajstić information content (AvgIpc) is 3.22. The second-order valence-corrected chi connectivity index (χ2v) is 6.07. The summed E-state index contributed by atoms with van der Waals surface area (Å²) in [5.74, 6) is 1.52. The van der Waals surface area contributed by atoms with Crippen LogP contribution in [0.15, 0.2) is 48.5 Å². The van der Waals surface area contributed by atoms with Crippen LogP contribution in [-0.2, 0) is 6.61 Å². The molecule has 0 radical (unpaired) electrons. The lowest BCUT2D eigenvalue weighted by molar-refractivity contribution is 0.306. The minimum Gasteiger partial charge on any atom is -0.489 e. The van der Waals surface area contributed by atoms with Gasteiger partial charge in [-0.3, -0.25) is 5.10 Å². The van der Waals surface area contributed by atoms with Crippen LogP contribution in [0.2, 0.25) is 0 Å². The Kier molecular flexibility index (Phi) is 3.55. The van der Waals surface area contributed by atoms with E-state index in [1.165, 1.54) is 42.3 Å². The predicted octanol–water partition coefficient (Wildman–Crippen LogP) is 4.80. The van der Waals surface area contributed by atoms with Gasteiger partial charge in [-0.2, -0.15) is 5.10 Å². The Labute approximate surface area is 130 Å². The fourth-order valence-electron chi connectivity index (χ4n) is 3.36. The molecule has 4 rings (SSSR count). The molecule has 112 valence electrons. The van der Waals surface area contributed by atoms with Crippen molar-refractivity contribution in [1.29, 1.82) is 0 Å². The van der Waals surface area contributed by atoms with Crippen molar-refractivity contribution in [2.45, 2.75) is 38.2 Å². The quantitative estimate of drug-likeness (QED) is 0.750. The average molecular weight is 292 g/mol. The van der Waals surface area contributed by atoms with Gasteiger partial charge in [0.1, 0.15) is 12.4 Å². The lowest BCUT2D eigenvalue weighted by atomic mass is 10.0. The molecule has 3 aromatic rings. The summed E-state index contributed by atoms with van der Waals surface area (Å²) in [4.78, 5) is 0. The van der Waals surface area contributed by atoms with Crippen molar-refractivity contribution in [1.82, 2.24) is 10.2 Å². The molecule has 1 fully saturated rings. The molecule has 1 heterocycles. The molecule has 3 nitrogen and oxygen atoms in total. The molecule has 22 heavy (non-hydrogen) atoms. The summed E-state index contributed by atoms with van der Waals surface area (Å²) in [6.07, 6.45) is 5.20. The summed E-state index contributed by atoms with van der Waals surface area (Å²) in [6.45, 7) is 0.593. The fraction of sp³-hybridized carbons (Fsp3) is 0.316. The summed E-state index contributed by atoms with van der Waals surface area (Å²) in [5, 5.41) is 8.98. The standard InChI is InChI=1S/C19H20N2O/c1-2-6-14(7-3-1)13-22-16-10-11-17-18(12-16)20-21-19(17)15-8-4-5-9-15/h1-3,6-7,10-12,15H,4-5,8-9,13H2,(H,20,21). The number of H-pyrrole nitrogens is 1. The van der Waals surface area contributed by atoms with Crippen molar-refractivity contribution >= 4 is 10.9 Å². The van der Waals surface area contributed by atoms with E-state index in [9.17, 15) is 0 Å². The third kappa shape index (κ3) is 2.59. The number of aromatic amines is 1. The normalized spacial score (nSPS) is 15.5. The molecule has 1 aliphatic carbocycles. The molecule has 1 aromatic heterocycles. The van der Waals surface area contributed by atoms with E-state index in [0.717, 1.165) is 11.3 Å². The van der Waals surface area contributed by atoms with Crippen LogP contribution < -0.4 is 4.74 Å². The van der Waals surface area contributed by atoms with Gasteiger partial charge >= 0.3 is 0 Å². The van der Waals surface area contributed by atoms with Gasteiger partial charge in [0, 0.05) is 17.4 Å². The zero-order valence-corrected chi connectivity index (χ0v) is 12.6. The topological polar surface area (TPSA) is 37.9 Å². The molecule has 2 aromatic carbocycles. The highest BCUT2D eigenvalue weighted by atomic mass is 16.5. The smallest absolute Gasteiger partial charge is 0.121 e. The van der Waals surface area contributed by atoms with Crippen LogP contribution in [0.5, 0.6) is 5.75 Å². The van der Waals surface area contributed by atoms with Crippen LogP contribution in [0.25, 0.3) is 10.9 Å². The number of hydrogen-bond acceptors (Lipinski definition) is 2. The molecule has 0 unspecified atom stereocenters. The summed E-state index contributed by atoms with van der Waals surface area (Å²) in [7, 11) is 0. The first-order chi connectivity index (χ1) is 10.9. The van der Waals surface area contributed by atoms with Gasteiger partial charge in [-0.25, -0.2) is 0 Å². The predicted molar refractivity (Wildman–Crippen MR) is 88.1 cm³/mol. The largest absolute Gasteiger partial charge is 0.489 e. The highest BCUT2D eigenvalue weighted by Gasteiger charge is 2.21. The maximum atomic E-state index is 5.89. The maximum absolute atomic E-state index is 5.89. The van der Waals surface area contributed by atoms with Gasteiger partial charge in [-0.05, 0) is 30.5 Å². The van der Waals surface area contributed by atoms with Crippen molar-refractivity contribution in [2.75, 3.05) is 0 Å². The molecule has 0 saturated heterocycles. The molecule has 3 heteroatoms. The zero-order valence-electron chi connectivity index (χ0n) is 12.6. The Bertz CT molecular complexity index is 757. The lowest BCUT2D eigenvalue weighted by Gasteiger charge is -2.07. The molecule has 0 atom stereocenters. The second-order valence-electron chi connectivity index (χ2n) is 6.07. The second kappa shape index (κ2) is 5.84. The van der Waals surface area contributed by atoms with Gasteiger partial charge in [0.2, 0.25) is 0 Å². The number of nitrogens with zero attached hydrogens (tertiary/aromatic N) is 1. The van der Waals surface area contributed by atoms with Crippen molar-refractivity contribution in [3.8, 4) is 5.75 Å². The third-order valence-corrected chi connectivity index (χ3v) is 4.55. The summed E-state index contributed by atoms with van der Waals surface area (Å²) in [6, 6.07) is 16.5. The van der Waals surface area contributed by atoms with Crippen LogP contribution in [0.4, 0.5) is 0 Å². The van der Waals surface area contributed by atoms with Gasteiger partial charge in [0.25, 0.3) is 0 Å². The van der Waals surface area contributed by atoms with E-state index < -0.39 is 0 Å². The lowest BCUT2D eigenvalue weighted by Crippen LogP contribution is -1.95. The Morgan fingerprint density at radius 3 is 2.68 bits per heavy atom. The maximum Gasteiger partial charge on any atom is 0.121 e. The molecular weight excluding hydrogens is 272 g/mol. The van der Waals surface area contributed by atoms with E-state index in [1.54, 1.807) is 0 Å². The van der Waals surface area contributed by atoms with Crippen molar-refractivity contribution in [2.24, 2.45) is 0 Å². The zero-order chi connectivity index (χ0) is 14.8. The van der Waals surface area contributed by atoms with Gasteiger partial charge < -0.3 is 4.74 Å². The number of benzene rings is 2. The van der Waals surface area contributed by atoms with Crippen LogP contribution in [0.3, 0.4) is 0 Å². The number of rotatable bonds is 4. The molecule has 0 amide bonds. The SMILES string of the molecule is c1ccc(COc2ccc3c(C4CCCC4)n[nH]c3c2)cc1. The van der Waals surface area contributed by atoms with E-state index in [2.05, 4.69) is 40.5 Å². The first kappa shape index (κ1) is 13.4. The number of aromatic nitrogens is 2. The van der Waals surface area contributed by atoms with Crippen LogP contribution in [-0.4, -0.2) is 10.2 Å². The number of nitrogens with one attached hydrogen (secondary N) is 1. The summed E-state index contributed by atoms with van der Waals surface area (Å²) < 4.78 is 5.89. The molecule has 0 bridgehead atoms. The Hall–Kier alpha value is -2.29. The molecule has 0 spiro atoms. The number of fused-ring (bicyclic) bond motifs is 1. The Balaban J connectivity index is 1.54. The van der Waals surface area contributed by atoms with Crippen LogP contribution in [0, 0.1) is 0 Å². The van der Waals surface area contributed by atoms with Gasteiger partial charge in [-0.15, -0.1) is 0 Å². The molecule has 0 aliphatic heterocycles. The van der Waals surface area contributed by atoms with Crippen LogP contribution in [0.1, 0.15) is 42.9 Å². The van der Waals surface area contributed by atoms with E-state index in [1.807, 2.05) is 18.2 Å². The highest BCUT2D eigenvalue weighted by molar-refractivity contribution is 5.83. The van der Waals surface area contributed by atoms with E-state index in [0.29, 0.717) is 12.5 Å². The molecule has 1 aliphatic rings.